The van der Waals surface area contributed by atoms with E-state index in [1.54, 1.807) is 6.07 Å². The summed E-state index contributed by atoms with van der Waals surface area (Å²) in [6.07, 6.45) is 5.17. The van der Waals surface area contributed by atoms with Gasteiger partial charge in [0, 0.05) is 43.5 Å². The fraction of sp³-hybridized carbons (Fsp3) is 0.312. The molecule has 0 atom stereocenters. The SMILES string of the molecule is O=C(O)CCc1ccc(Cn2ccc3ccc(F)cc32)cc1C(=O)NC1(CCc2ccccc2)CCOCC1. The van der Waals surface area contributed by atoms with E-state index in [4.69, 9.17) is 4.74 Å². The Balaban J connectivity index is 1.41. The number of carboxylic acid groups (broad SMARTS) is 1. The van der Waals surface area contributed by atoms with Gasteiger partial charge in [-0.15, -0.1) is 0 Å². The van der Waals surface area contributed by atoms with Crippen LogP contribution in [0.2, 0.25) is 0 Å². The molecule has 0 aliphatic carbocycles. The molecule has 1 aromatic heterocycles. The second-order valence-electron chi connectivity index (χ2n) is 10.4. The normalized spacial score (nSPS) is 14.8. The number of carbonyl (C=O) groups is 2. The molecule has 1 amide bonds. The smallest absolute Gasteiger partial charge is 0.303 e. The van der Waals surface area contributed by atoms with Crippen molar-refractivity contribution in [3.63, 3.8) is 0 Å². The number of hydrogen-bond donors (Lipinski definition) is 2. The highest BCUT2D eigenvalue weighted by atomic mass is 19.1. The van der Waals surface area contributed by atoms with Gasteiger partial charge in [-0.25, -0.2) is 4.39 Å². The van der Waals surface area contributed by atoms with E-state index < -0.39 is 11.5 Å². The summed E-state index contributed by atoms with van der Waals surface area (Å²) in [7, 11) is 0. The van der Waals surface area contributed by atoms with Crippen molar-refractivity contribution in [1.82, 2.24) is 9.88 Å². The average molecular weight is 529 g/mol. The number of carbonyl (C=O) groups excluding carboxylic acids is 1. The van der Waals surface area contributed by atoms with E-state index in [0.29, 0.717) is 30.9 Å². The summed E-state index contributed by atoms with van der Waals surface area (Å²) in [4.78, 5) is 25.2. The molecule has 3 aromatic carbocycles. The summed E-state index contributed by atoms with van der Waals surface area (Å²) in [6.45, 7) is 1.62. The Morgan fingerprint density at radius 1 is 0.949 bits per heavy atom. The van der Waals surface area contributed by atoms with Gasteiger partial charge in [-0.3, -0.25) is 9.59 Å². The molecule has 7 heteroatoms. The lowest BCUT2D eigenvalue weighted by atomic mass is 9.83. The third-order valence-corrected chi connectivity index (χ3v) is 7.68. The number of nitrogens with one attached hydrogen (secondary N) is 1. The zero-order valence-corrected chi connectivity index (χ0v) is 21.9. The molecule has 5 rings (SSSR count). The van der Waals surface area contributed by atoms with Crippen molar-refractivity contribution >= 4 is 22.8 Å². The van der Waals surface area contributed by atoms with Crippen LogP contribution in [0.4, 0.5) is 4.39 Å². The number of amides is 1. The summed E-state index contributed by atoms with van der Waals surface area (Å²) in [5.74, 6) is -1.41. The number of carboxylic acids is 1. The van der Waals surface area contributed by atoms with Gasteiger partial charge in [0.05, 0.1) is 5.52 Å². The van der Waals surface area contributed by atoms with Crippen LogP contribution in [0.1, 0.15) is 52.7 Å². The van der Waals surface area contributed by atoms with Crippen molar-refractivity contribution in [2.45, 2.75) is 50.6 Å². The maximum absolute atomic E-state index is 13.9. The molecule has 1 aliphatic heterocycles. The van der Waals surface area contributed by atoms with Gasteiger partial charge in [-0.2, -0.15) is 0 Å². The summed E-state index contributed by atoms with van der Waals surface area (Å²) >= 11 is 0. The molecule has 1 fully saturated rings. The lowest BCUT2D eigenvalue weighted by Gasteiger charge is -2.38. The number of halogens is 1. The Morgan fingerprint density at radius 2 is 1.74 bits per heavy atom. The first-order valence-electron chi connectivity index (χ1n) is 13.4. The number of ether oxygens (including phenoxy) is 1. The molecule has 1 saturated heterocycles. The molecular formula is C32H33FN2O4. The third-order valence-electron chi connectivity index (χ3n) is 7.68. The Labute approximate surface area is 227 Å². The zero-order valence-electron chi connectivity index (χ0n) is 21.9. The summed E-state index contributed by atoms with van der Waals surface area (Å²) < 4.78 is 21.5. The minimum atomic E-state index is -0.907. The van der Waals surface area contributed by atoms with Crippen LogP contribution in [0, 0.1) is 5.82 Å². The largest absolute Gasteiger partial charge is 0.481 e. The van der Waals surface area contributed by atoms with Gasteiger partial charge in [-0.1, -0.05) is 42.5 Å². The Morgan fingerprint density at radius 3 is 2.51 bits per heavy atom. The van der Waals surface area contributed by atoms with E-state index in [9.17, 15) is 19.1 Å². The Bertz CT molecular complexity index is 1460. The summed E-state index contributed by atoms with van der Waals surface area (Å²) in [5.41, 5.74) is 3.66. The van der Waals surface area contributed by atoms with Crippen LogP contribution in [-0.4, -0.2) is 40.3 Å². The van der Waals surface area contributed by atoms with Crippen LogP contribution >= 0.6 is 0 Å². The predicted molar refractivity (Wildman–Crippen MR) is 148 cm³/mol. The predicted octanol–water partition coefficient (Wildman–Crippen LogP) is 5.76. The lowest BCUT2D eigenvalue weighted by molar-refractivity contribution is -0.136. The number of hydrogen-bond acceptors (Lipinski definition) is 3. The Hall–Kier alpha value is -3.97. The van der Waals surface area contributed by atoms with E-state index in [1.807, 2.05) is 53.2 Å². The molecule has 2 N–H and O–H groups in total. The average Bonchev–Trinajstić information content (AvgIpc) is 3.33. The van der Waals surface area contributed by atoms with Crippen LogP contribution in [0.3, 0.4) is 0 Å². The summed E-state index contributed by atoms with van der Waals surface area (Å²) in [6, 6.07) is 22.5. The minimum Gasteiger partial charge on any atom is -0.481 e. The van der Waals surface area contributed by atoms with Gasteiger partial charge >= 0.3 is 5.97 Å². The number of nitrogens with zero attached hydrogens (tertiary/aromatic N) is 1. The van der Waals surface area contributed by atoms with Crippen LogP contribution in [0.25, 0.3) is 10.9 Å². The van der Waals surface area contributed by atoms with Crippen LogP contribution in [-0.2, 0) is 28.9 Å². The topological polar surface area (TPSA) is 80.6 Å². The van der Waals surface area contributed by atoms with Crippen molar-refractivity contribution in [1.29, 1.82) is 0 Å². The minimum absolute atomic E-state index is 0.0614. The molecule has 39 heavy (non-hydrogen) atoms. The van der Waals surface area contributed by atoms with Crippen molar-refractivity contribution in [3.05, 3.63) is 107 Å². The standard InChI is InChI=1S/C32H33FN2O4/c33-27-10-8-26-13-17-35(29(26)21-27)22-24-6-7-25(9-11-30(36)37)28(20-24)31(38)34-32(15-18-39-19-16-32)14-12-23-4-2-1-3-5-23/h1-8,10,13,17,20-21H,9,11-12,14-16,18-19,22H2,(H,34,38)(H,36,37). The molecule has 202 valence electrons. The molecular weight excluding hydrogens is 495 g/mol. The molecule has 0 unspecified atom stereocenters. The fourth-order valence-corrected chi connectivity index (χ4v) is 5.42. The number of aliphatic carboxylic acids is 1. The van der Waals surface area contributed by atoms with Gasteiger partial charge in [0.15, 0.2) is 0 Å². The lowest BCUT2D eigenvalue weighted by Crippen LogP contribution is -2.52. The second-order valence-corrected chi connectivity index (χ2v) is 10.4. The maximum atomic E-state index is 13.9. The highest BCUT2D eigenvalue weighted by Crippen LogP contribution is 2.28. The molecule has 0 spiro atoms. The second kappa shape index (κ2) is 11.8. The van der Waals surface area contributed by atoms with Gasteiger partial charge in [0.1, 0.15) is 5.82 Å². The molecule has 0 saturated carbocycles. The fourth-order valence-electron chi connectivity index (χ4n) is 5.42. The molecule has 4 aromatic rings. The van der Waals surface area contributed by atoms with Crippen LogP contribution < -0.4 is 5.32 Å². The van der Waals surface area contributed by atoms with E-state index >= 15 is 0 Å². The third kappa shape index (κ3) is 6.55. The maximum Gasteiger partial charge on any atom is 0.303 e. The Kier molecular flexibility index (Phi) is 8.07. The van der Waals surface area contributed by atoms with Crippen molar-refractivity contribution in [3.8, 4) is 0 Å². The zero-order chi connectivity index (χ0) is 27.2. The van der Waals surface area contributed by atoms with Gasteiger partial charge in [0.2, 0.25) is 0 Å². The number of aryl methyl sites for hydroxylation is 2. The number of fused-ring (bicyclic) bond motifs is 1. The van der Waals surface area contributed by atoms with Gasteiger partial charge in [-0.05, 0) is 84.5 Å². The highest BCUT2D eigenvalue weighted by Gasteiger charge is 2.34. The molecule has 2 heterocycles. The van der Waals surface area contributed by atoms with Crippen molar-refractivity contribution in [2.75, 3.05) is 13.2 Å². The number of aromatic nitrogens is 1. The molecule has 0 bridgehead atoms. The first-order valence-corrected chi connectivity index (χ1v) is 13.4. The van der Waals surface area contributed by atoms with Crippen LogP contribution in [0.15, 0.2) is 79.0 Å². The van der Waals surface area contributed by atoms with Gasteiger partial charge in [0.25, 0.3) is 5.91 Å². The van der Waals surface area contributed by atoms with Crippen molar-refractivity contribution < 1.29 is 23.8 Å². The quantitative estimate of drug-likeness (QED) is 0.274. The molecule has 6 nitrogen and oxygen atoms in total. The first kappa shape index (κ1) is 26.6. The highest BCUT2D eigenvalue weighted by molar-refractivity contribution is 5.96. The van der Waals surface area contributed by atoms with Crippen molar-refractivity contribution in [2.24, 2.45) is 0 Å². The van der Waals surface area contributed by atoms with E-state index in [0.717, 1.165) is 42.1 Å². The van der Waals surface area contributed by atoms with E-state index in [1.165, 1.54) is 17.7 Å². The molecule has 0 radical (unpaired) electrons. The van der Waals surface area contributed by atoms with E-state index in [2.05, 4.69) is 17.4 Å². The van der Waals surface area contributed by atoms with Crippen LogP contribution in [0.5, 0.6) is 0 Å². The first-order chi connectivity index (χ1) is 18.9. The number of benzene rings is 3. The number of rotatable bonds is 10. The summed E-state index contributed by atoms with van der Waals surface area (Å²) in [5, 5.41) is 13.6. The van der Waals surface area contributed by atoms with E-state index in [-0.39, 0.29) is 24.6 Å². The molecule has 1 aliphatic rings. The monoisotopic (exact) mass is 528 g/mol. The van der Waals surface area contributed by atoms with Gasteiger partial charge < -0.3 is 19.7 Å².